The number of ether oxygens (including phenoxy) is 2. The van der Waals surface area contributed by atoms with Crippen molar-refractivity contribution in [1.82, 2.24) is 31.0 Å². The lowest BCUT2D eigenvalue weighted by Crippen LogP contribution is -2.36. The quantitative estimate of drug-likeness (QED) is 0.104. The number of amides is 1. The number of aromatic nitrogens is 4. The van der Waals surface area contributed by atoms with Gasteiger partial charge in [-0.15, -0.1) is 20.4 Å². The fourth-order valence-electron chi connectivity index (χ4n) is 5.50. The van der Waals surface area contributed by atoms with Gasteiger partial charge >= 0.3 is 5.97 Å². The van der Waals surface area contributed by atoms with Crippen molar-refractivity contribution in [1.29, 1.82) is 0 Å². The topological polar surface area (TPSA) is 181 Å². The Morgan fingerprint density at radius 2 is 1.43 bits per heavy atom. The van der Waals surface area contributed by atoms with Crippen molar-refractivity contribution in [3.8, 4) is 34.4 Å². The van der Waals surface area contributed by atoms with Crippen LogP contribution in [0.2, 0.25) is 0 Å². The Bertz CT molecular complexity index is 1970. The Morgan fingerprint density at radius 3 is 2.11 bits per heavy atom. The van der Waals surface area contributed by atoms with E-state index in [1.165, 1.54) is 30.6 Å². The van der Waals surface area contributed by atoms with Gasteiger partial charge in [-0.1, -0.05) is 18.2 Å². The lowest BCUT2D eigenvalue weighted by atomic mass is 9.77. The molecule has 5 N–H and O–H groups in total. The molecule has 5 aromatic rings. The molecule has 0 radical (unpaired) electrons. The highest BCUT2D eigenvalue weighted by atomic mass is 32.1. The maximum absolute atomic E-state index is 13.3. The van der Waals surface area contributed by atoms with Crippen molar-refractivity contribution >= 4 is 34.9 Å². The van der Waals surface area contributed by atoms with E-state index >= 15 is 0 Å². The Kier molecular flexibility index (Phi) is 7.10. The van der Waals surface area contributed by atoms with E-state index in [4.69, 9.17) is 21.7 Å². The molecule has 0 bridgehead atoms. The van der Waals surface area contributed by atoms with Gasteiger partial charge in [0, 0.05) is 58.7 Å². The molecule has 0 saturated heterocycles. The van der Waals surface area contributed by atoms with Crippen LogP contribution in [0.4, 0.5) is 5.69 Å². The van der Waals surface area contributed by atoms with Crippen LogP contribution < -0.4 is 20.7 Å². The van der Waals surface area contributed by atoms with Gasteiger partial charge in [0.05, 0.1) is 5.56 Å². The number of phenolic OH excluding ortho intramolecular Hbond substituents is 2. The van der Waals surface area contributed by atoms with Gasteiger partial charge < -0.3 is 35.6 Å². The number of esters is 1. The number of anilines is 1. The summed E-state index contributed by atoms with van der Waals surface area (Å²) in [5, 5.41) is 44.6. The van der Waals surface area contributed by atoms with Gasteiger partial charge in [-0.3, -0.25) is 4.79 Å². The number of hydrogen-bond donors (Lipinski definition) is 5. The number of nitrogens with one attached hydrogen (secondary N) is 3. The summed E-state index contributed by atoms with van der Waals surface area (Å²) in [4.78, 5) is 25.9. The van der Waals surface area contributed by atoms with Crippen molar-refractivity contribution < 1.29 is 29.3 Å². The minimum absolute atomic E-state index is 0.0221. The summed E-state index contributed by atoms with van der Waals surface area (Å²) in [6.07, 6.45) is 1.24. The summed E-state index contributed by atoms with van der Waals surface area (Å²) in [5.74, 6) is 0.0981. The second kappa shape index (κ2) is 11.4. The molecule has 0 atom stereocenters. The van der Waals surface area contributed by atoms with Crippen LogP contribution in [0, 0.1) is 0 Å². The first-order valence-electron chi connectivity index (χ1n) is 14.0. The monoisotopic (exact) mass is 633 g/mol. The molecular weight excluding hydrogens is 610 g/mol. The van der Waals surface area contributed by atoms with Crippen molar-refractivity contribution in [3.05, 3.63) is 113 Å². The predicted octanol–water partition coefficient (Wildman–Crippen LogP) is 3.63. The van der Waals surface area contributed by atoms with Crippen LogP contribution in [-0.4, -0.2) is 60.7 Å². The zero-order valence-electron chi connectivity index (χ0n) is 23.7. The largest absolute Gasteiger partial charge is 0.508 e. The van der Waals surface area contributed by atoms with Crippen molar-refractivity contribution in [2.75, 3.05) is 18.4 Å². The van der Waals surface area contributed by atoms with Crippen molar-refractivity contribution in [3.63, 3.8) is 0 Å². The summed E-state index contributed by atoms with van der Waals surface area (Å²) in [6.45, 7) is 0.636. The number of fused-ring (bicyclic) bond motifs is 6. The maximum Gasteiger partial charge on any atom is 0.340 e. The van der Waals surface area contributed by atoms with Gasteiger partial charge in [-0.05, 0) is 60.7 Å². The predicted molar refractivity (Wildman–Crippen MR) is 168 cm³/mol. The molecule has 0 saturated carbocycles. The zero-order chi connectivity index (χ0) is 31.8. The molecule has 13 nitrogen and oxygen atoms in total. The first-order chi connectivity index (χ1) is 22.3. The van der Waals surface area contributed by atoms with Crippen LogP contribution in [0.3, 0.4) is 0 Å². The van der Waals surface area contributed by atoms with Crippen LogP contribution in [0.5, 0.6) is 23.0 Å². The molecule has 228 valence electrons. The molecule has 0 unspecified atom stereocenters. The van der Waals surface area contributed by atoms with Crippen LogP contribution >= 0.6 is 12.2 Å². The highest BCUT2D eigenvalue weighted by molar-refractivity contribution is 7.80. The van der Waals surface area contributed by atoms with Crippen LogP contribution in [0.25, 0.3) is 11.4 Å². The van der Waals surface area contributed by atoms with Gasteiger partial charge in [0.1, 0.15) is 23.0 Å². The van der Waals surface area contributed by atoms with E-state index in [9.17, 15) is 19.8 Å². The Morgan fingerprint density at radius 1 is 0.804 bits per heavy atom. The highest BCUT2D eigenvalue weighted by Gasteiger charge is 2.53. The van der Waals surface area contributed by atoms with Gasteiger partial charge in [0.15, 0.2) is 17.0 Å². The first-order valence-corrected chi connectivity index (χ1v) is 14.4. The number of phenols is 2. The van der Waals surface area contributed by atoms with Crippen LogP contribution in [-0.2, 0) is 10.3 Å². The molecule has 1 spiro atoms. The normalized spacial score (nSPS) is 13.4. The molecule has 0 aliphatic carbocycles. The minimum Gasteiger partial charge on any atom is -0.508 e. The number of carbonyl (C=O) groups excluding carboxylic acids is 2. The smallest absolute Gasteiger partial charge is 0.340 e. The molecule has 2 aliphatic heterocycles. The molecule has 3 heterocycles. The molecular formula is C32H23N7O6S. The SMILES string of the molecule is O=C(NCCNC(=S)Nc1ccc2c(c1)C(=O)OC21c2ccc(O)cc2Oc2cc(O)ccc21)c1ccc(-c2nncnn2)cc1. The highest BCUT2D eigenvalue weighted by Crippen LogP contribution is 2.57. The third-order valence-electron chi connectivity index (χ3n) is 7.54. The van der Waals surface area contributed by atoms with E-state index in [2.05, 4.69) is 36.3 Å². The molecule has 2 aliphatic rings. The van der Waals surface area contributed by atoms with E-state index in [-0.39, 0.29) is 22.5 Å². The Hall–Kier alpha value is -6.15. The van der Waals surface area contributed by atoms with E-state index < -0.39 is 11.6 Å². The molecule has 1 amide bonds. The lowest BCUT2D eigenvalue weighted by Gasteiger charge is -2.36. The summed E-state index contributed by atoms with van der Waals surface area (Å²) in [5.41, 5.74) is 2.31. The molecule has 1 aromatic heterocycles. The lowest BCUT2D eigenvalue weighted by molar-refractivity contribution is 0.0224. The number of hydrogen-bond acceptors (Lipinski definition) is 11. The summed E-state index contributed by atoms with van der Waals surface area (Å²) < 4.78 is 12.1. The average Bonchev–Trinajstić information content (AvgIpc) is 3.34. The van der Waals surface area contributed by atoms with Gasteiger partial charge in [0.2, 0.25) is 5.82 Å². The number of thiocarbonyl (C=S) groups is 1. The molecule has 0 fully saturated rings. The maximum atomic E-state index is 13.3. The average molecular weight is 634 g/mol. The summed E-state index contributed by atoms with van der Waals surface area (Å²) in [7, 11) is 0. The van der Waals surface area contributed by atoms with Crippen LogP contribution in [0.15, 0.2) is 85.2 Å². The van der Waals surface area contributed by atoms with Crippen LogP contribution in [0.1, 0.15) is 37.4 Å². The minimum atomic E-state index is -1.35. The second-order valence-corrected chi connectivity index (χ2v) is 10.8. The number of aromatic hydroxyl groups is 2. The third kappa shape index (κ3) is 5.05. The third-order valence-corrected chi connectivity index (χ3v) is 7.79. The Balaban J connectivity index is 1.01. The van der Waals surface area contributed by atoms with E-state index in [0.29, 0.717) is 69.5 Å². The molecule has 46 heavy (non-hydrogen) atoms. The standard InChI is InChI=1S/C32H23N7O6S/c40-20-6-9-24-26(14-20)44-27-15-21(41)7-10-25(27)32(24)23-8-5-19(13-22(23)30(43)45-32)37-31(46)34-12-11-33-29(42)18-3-1-17(2-4-18)28-38-35-16-36-39-28/h1-10,13-16,40-41H,11-12H2,(H,33,42)(H2,34,37,46). The number of rotatable bonds is 6. The molecule has 14 heteroatoms. The van der Waals surface area contributed by atoms with E-state index in [0.717, 1.165) is 0 Å². The van der Waals surface area contributed by atoms with Gasteiger partial charge in [-0.2, -0.15) is 0 Å². The first kappa shape index (κ1) is 28.6. The van der Waals surface area contributed by atoms with Crippen molar-refractivity contribution in [2.24, 2.45) is 0 Å². The summed E-state index contributed by atoms with van der Waals surface area (Å²) in [6, 6.07) is 21.1. The number of carbonyl (C=O) groups is 2. The van der Waals surface area contributed by atoms with Gasteiger partial charge in [0.25, 0.3) is 5.91 Å². The molecule has 4 aromatic carbocycles. The Labute approximate surface area is 266 Å². The number of benzene rings is 4. The second-order valence-electron chi connectivity index (χ2n) is 10.4. The molecule has 7 rings (SSSR count). The fourth-order valence-corrected chi connectivity index (χ4v) is 5.72. The zero-order valence-corrected chi connectivity index (χ0v) is 24.5. The summed E-state index contributed by atoms with van der Waals surface area (Å²) >= 11 is 5.44. The van der Waals surface area contributed by atoms with E-state index in [1.807, 2.05) is 0 Å². The van der Waals surface area contributed by atoms with Gasteiger partial charge in [-0.25, -0.2) is 4.79 Å². The number of nitrogens with zero attached hydrogens (tertiary/aromatic N) is 4. The fraction of sp³-hybridized carbons (Fsp3) is 0.0938. The van der Waals surface area contributed by atoms with E-state index in [1.54, 1.807) is 54.6 Å². The van der Waals surface area contributed by atoms with Crippen molar-refractivity contribution in [2.45, 2.75) is 5.60 Å².